The van der Waals surface area contributed by atoms with Crippen LogP contribution in [0.2, 0.25) is 0 Å². The minimum atomic E-state index is 0.679. The van der Waals surface area contributed by atoms with E-state index in [1.54, 1.807) is 20.4 Å². The summed E-state index contributed by atoms with van der Waals surface area (Å²) in [4.78, 5) is 6.90. The van der Waals surface area contributed by atoms with Gasteiger partial charge in [-0.05, 0) is 49.7 Å². The molecule has 0 unspecified atom stereocenters. The number of hydrazone groups is 1. The molecular weight excluding hydrogens is 384 g/mol. The SMILES string of the molecule is CCN(CC)c1ccc(/C=N\Nc2nc(-c3ccc(OC)c(OC)c3)cs2)cc1. The van der Waals surface area contributed by atoms with Gasteiger partial charge in [-0.2, -0.15) is 5.10 Å². The summed E-state index contributed by atoms with van der Waals surface area (Å²) < 4.78 is 10.6. The summed E-state index contributed by atoms with van der Waals surface area (Å²) in [6.45, 7) is 6.32. The van der Waals surface area contributed by atoms with Crippen LogP contribution in [0.4, 0.5) is 10.8 Å². The van der Waals surface area contributed by atoms with Crippen LogP contribution >= 0.6 is 11.3 Å². The lowest BCUT2D eigenvalue weighted by Gasteiger charge is -2.20. The standard InChI is InChI=1S/C22H26N4O2S/c1-5-26(6-2)18-10-7-16(8-11-18)14-23-25-22-24-19(15-29-22)17-9-12-20(27-3)21(13-17)28-4/h7-15H,5-6H2,1-4H3,(H,24,25)/b23-14-. The van der Waals surface area contributed by atoms with E-state index in [0.29, 0.717) is 11.5 Å². The minimum Gasteiger partial charge on any atom is -0.493 e. The number of hydrogen-bond donors (Lipinski definition) is 1. The van der Waals surface area contributed by atoms with Crippen molar-refractivity contribution in [3.63, 3.8) is 0 Å². The zero-order valence-corrected chi connectivity index (χ0v) is 18.0. The maximum absolute atomic E-state index is 5.36. The average Bonchev–Trinajstić information content (AvgIpc) is 3.24. The van der Waals surface area contributed by atoms with Crippen LogP contribution in [0.5, 0.6) is 11.5 Å². The number of rotatable bonds is 9. The van der Waals surface area contributed by atoms with E-state index in [-0.39, 0.29) is 0 Å². The highest BCUT2D eigenvalue weighted by Gasteiger charge is 2.09. The van der Waals surface area contributed by atoms with Crippen LogP contribution in [-0.2, 0) is 0 Å². The van der Waals surface area contributed by atoms with Crippen LogP contribution in [0.25, 0.3) is 11.3 Å². The highest BCUT2D eigenvalue weighted by Crippen LogP contribution is 2.33. The van der Waals surface area contributed by atoms with Gasteiger partial charge in [-0.1, -0.05) is 12.1 Å². The molecule has 0 aliphatic rings. The van der Waals surface area contributed by atoms with Crippen molar-refractivity contribution in [2.45, 2.75) is 13.8 Å². The second-order valence-corrected chi connectivity index (χ2v) is 7.10. The molecule has 1 heterocycles. The van der Waals surface area contributed by atoms with Gasteiger partial charge >= 0.3 is 0 Å². The first-order chi connectivity index (χ1) is 14.2. The fourth-order valence-corrected chi connectivity index (χ4v) is 3.64. The zero-order valence-electron chi connectivity index (χ0n) is 17.2. The molecule has 0 spiro atoms. The fourth-order valence-electron chi connectivity index (χ4n) is 2.98. The Bertz CT molecular complexity index is 950. The van der Waals surface area contributed by atoms with Gasteiger partial charge in [-0.25, -0.2) is 4.98 Å². The summed E-state index contributed by atoms with van der Waals surface area (Å²) in [6.07, 6.45) is 1.80. The van der Waals surface area contributed by atoms with Gasteiger partial charge in [0.15, 0.2) is 11.5 Å². The number of benzene rings is 2. The second kappa shape index (κ2) is 9.93. The summed E-state index contributed by atoms with van der Waals surface area (Å²) in [5.41, 5.74) is 7.08. The number of methoxy groups -OCH3 is 2. The predicted octanol–water partition coefficient (Wildman–Crippen LogP) is 5.12. The van der Waals surface area contributed by atoms with E-state index in [2.05, 4.69) is 58.5 Å². The maximum Gasteiger partial charge on any atom is 0.203 e. The molecule has 0 atom stereocenters. The number of hydrogen-bond acceptors (Lipinski definition) is 7. The molecule has 0 aliphatic carbocycles. The molecule has 0 saturated carbocycles. The third-order valence-electron chi connectivity index (χ3n) is 4.58. The van der Waals surface area contributed by atoms with Gasteiger partial charge < -0.3 is 14.4 Å². The average molecular weight is 411 g/mol. The maximum atomic E-state index is 5.36. The molecule has 0 fully saturated rings. The molecule has 3 rings (SSSR count). The molecule has 6 nitrogen and oxygen atoms in total. The molecule has 0 amide bonds. The summed E-state index contributed by atoms with van der Waals surface area (Å²) in [5, 5.41) is 7.02. The third kappa shape index (κ3) is 5.06. The van der Waals surface area contributed by atoms with E-state index in [9.17, 15) is 0 Å². The lowest BCUT2D eigenvalue weighted by molar-refractivity contribution is 0.355. The fraction of sp³-hybridized carbons (Fsp3) is 0.273. The summed E-state index contributed by atoms with van der Waals surface area (Å²) >= 11 is 1.50. The molecule has 2 aromatic carbocycles. The Morgan fingerprint density at radius 1 is 1.03 bits per heavy atom. The van der Waals surface area contributed by atoms with E-state index in [1.807, 2.05) is 23.6 Å². The van der Waals surface area contributed by atoms with Crippen LogP contribution in [0, 0.1) is 0 Å². The van der Waals surface area contributed by atoms with Gasteiger partial charge in [0.25, 0.3) is 0 Å². The van der Waals surface area contributed by atoms with Gasteiger partial charge in [0.1, 0.15) is 0 Å². The van der Waals surface area contributed by atoms with Crippen molar-refractivity contribution in [3.8, 4) is 22.8 Å². The number of anilines is 2. The predicted molar refractivity (Wildman–Crippen MR) is 122 cm³/mol. The Labute approximate surface area is 175 Å². The molecule has 29 heavy (non-hydrogen) atoms. The zero-order chi connectivity index (χ0) is 20.6. The summed E-state index contributed by atoms with van der Waals surface area (Å²) in [6, 6.07) is 14.1. The van der Waals surface area contributed by atoms with Crippen LogP contribution in [-0.4, -0.2) is 38.5 Å². The lowest BCUT2D eigenvalue weighted by atomic mass is 10.1. The minimum absolute atomic E-state index is 0.679. The Hall–Kier alpha value is -3.06. The second-order valence-electron chi connectivity index (χ2n) is 6.24. The van der Waals surface area contributed by atoms with E-state index in [4.69, 9.17) is 9.47 Å². The first-order valence-corrected chi connectivity index (χ1v) is 10.4. The van der Waals surface area contributed by atoms with Crippen molar-refractivity contribution < 1.29 is 9.47 Å². The van der Waals surface area contributed by atoms with Crippen molar-refractivity contribution in [1.82, 2.24) is 4.98 Å². The van der Waals surface area contributed by atoms with Crippen molar-refractivity contribution in [1.29, 1.82) is 0 Å². The van der Waals surface area contributed by atoms with E-state index in [1.165, 1.54) is 17.0 Å². The number of ether oxygens (including phenoxy) is 2. The van der Waals surface area contributed by atoms with Gasteiger partial charge in [0, 0.05) is 29.7 Å². The van der Waals surface area contributed by atoms with Gasteiger partial charge in [0.05, 0.1) is 26.1 Å². The Morgan fingerprint density at radius 3 is 2.41 bits per heavy atom. The highest BCUT2D eigenvalue weighted by molar-refractivity contribution is 7.14. The molecule has 1 N–H and O–H groups in total. The van der Waals surface area contributed by atoms with Crippen LogP contribution in [0.3, 0.4) is 0 Å². The monoisotopic (exact) mass is 410 g/mol. The molecule has 0 aliphatic heterocycles. The molecular formula is C22H26N4O2S. The number of nitrogens with zero attached hydrogens (tertiary/aromatic N) is 3. The molecule has 152 valence electrons. The Morgan fingerprint density at radius 2 is 1.76 bits per heavy atom. The molecule has 3 aromatic rings. The van der Waals surface area contributed by atoms with Crippen molar-refractivity contribution in [2.24, 2.45) is 5.10 Å². The Kier molecular flexibility index (Phi) is 7.08. The summed E-state index contributed by atoms with van der Waals surface area (Å²) in [7, 11) is 3.25. The highest BCUT2D eigenvalue weighted by atomic mass is 32.1. The van der Waals surface area contributed by atoms with E-state index < -0.39 is 0 Å². The quantitative estimate of drug-likeness (QED) is 0.392. The first kappa shape index (κ1) is 20.7. The Balaban J connectivity index is 1.65. The smallest absolute Gasteiger partial charge is 0.203 e. The molecule has 1 aromatic heterocycles. The molecule has 0 bridgehead atoms. The van der Waals surface area contributed by atoms with Crippen LogP contribution in [0.1, 0.15) is 19.4 Å². The molecule has 0 saturated heterocycles. The number of nitrogens with one attached hydrogen (secondary N) is 1. The number of thiazole rings is 1. The van der Waals surface area contributed by atoms with E-state index >= 15 is 0 Å². The van der Waals surface area contributed by atoms with Crippen LogP contribution in [0.15, 0.2) is 52.9 Å². The van der Waals surface area contributed by atoms with Crippen molar-refractivity contribution in [3.05, 3.63) is 53.4 Å². The van der Waals surface area contributed by atoms with Crippen molar-refractivity contribution in [2.75, 3.05) is 37.6 Å². The van der Waals surface area contributed by atoms with Crippen molar-refractivity contribution >= 4 is 28.4 Å². The van der Waals surface area contributed by atoms with Gasteiger partial charge in [-0.3, -0.25) is 5.43 Å². The summed E-state index contributed by atoms with van der Waals surface area (Å²) in [5.74, 6) is 1.38. The largest absolute Gasteiger partial charge is 0.493 e. The lowest BCUT2D eigenvalue weighted by Crippen LogP contribution is -2.21. The normalized spacial score (nSPS) is 10.9. The number of aromatic nitrogens is 1. The van der Waals surface area contributed by atoms with Gasteiger partial charge in [0.2, 0.25) is 5.13 Å². The van der Waals surface area contributed by atoms with Crippen LogP contribution < -0.4 is 19.8 Å². The third-order valence-corrected chi connectivity index (χ3v) is 5.33. The first-order valence-electron chi connectivity index (χ1n) is 9.50. The van der Waals surface area contributed by atoms with E-state index in [0.717, 1.165) is 35.0 Å². The molecule has 7 heteroatoms. The molecule has 0 radical (unpaired) electrons. The van der Waals surface area contributed by atoms with Gasteiger partial charge in [-0.15, -0.1) is 11.3 Å². The topological polar surface area (TPSA) is 59.0 Å².